The Balaban J connectivity index is 2.25. The van der Waals surface area contributed by atoms with Crippen LogP contribution in [0, 0.1) is 0 Å². The second-order valence-electron chi connectivity index (χ2n) is 4.29. The van der Waals surface area contributed by atoms with E-state index in [4.69, 9.17) is 5.11 Å². The van der Waals surface area contributed by atoms with E-state index in [1.54, 1.807) is 17.8 Å². The van der Waals surface area contributed by atoms with Crippen LogP contribution in [0.5, 0.6) is 0 Å². The summed E-state index contributed by atoms with van der Waals surface area (Å²) >= 11 is 0. The van der Waals surface area contributed by atoms with E-state index in [0.717, 1.165) is 10.9 Å². The van der Waals surface area contributed by atoms with E-state index in [-0.39, 0.29) is 6.42 Å². The normalized spacial score (nSPS) is 13.4. The highest BCUT2D eigenvalue weighted by Gasteiger charge is 2.34. The number of rotatable bonds is 4. The summed E-state index contributed by atoms with van der Waals surface area (Å²) in [5.74, 6) is -1.25. The Labute approximate surface area is 111 Å². The van der Waals surface area contributed by atoms with Crippen molar-refractivity contribution in [1.82, 2.24) is 19.1 Å². The number of alkyl halides is 3. The summed E-state index contributed by atoms with van der Waals surface area (Å²) in [6.07, 6.45) is 0.0241. The van der Waals surface area contributed by atoms with Gasteiger partial charge in [-0.15, -0.1) is 0 Å². The molecule has 1 unspecified atom stereocenters. The number of halogens is 3. The van der Waals surface area contributed by atoms with Crippen LogP contribution in [0.3, 0.4) is 0 Å². The van der Waals surface area contributed by atoms with E-state index < -0.39 is 23.9 Å². The standard InChI is InChI=1S/C11H11F3N4O2/c1-17-3-7(15-5-17)2-8(10(19)20)18-4-9(16-6-18)11(12,13)14/h3-6,8H,2H2,1H3,(H,19,20). The number of carboxylic acid groups (broad SMARTS) is 1. The number of hydrogen-bond donors (Lipinski definition) is 1. The first-order valence-electron chi connectivity index (χ1n) is 5.57. The minimum atomic E-state index is -4.60. The van der Waals surface area contributed by atoms with Crippen molar-refractivity contribution in [3.8, 4) is 0 Å². The lowest BCUT2D eigenvalue weighted by molar-refractivity contribution is -0.143. The van der Waals surface area contributed by atoms with Crippen molar-refractivity contribution < 1.29 is 23.1 Å². The molecule has 0 amide bonds. The molecule has 0 fully saturated rings. The summed E-state index contributed by atoms with van der Waals surface area (Å²) in [5, 5.41) is 9.14. The Bertz CT molecular complexity index is 617. The minimum Gasteiger partial charge on any atom is -0.480 e. The van der Waals surface area contributed by atoms with Crippen molar-refractivity contribution in [2.45, 2.75) is 18.6 Å². The van der Waals surface area contributed by atoms with E-state index in [9.17, 15) is 18.0 Å². The van der Waals surface area contributed by atoms with E-state index >= 15 is 0 Å². The molecule has 0 bridgehead atoms. The van der Waals surface area contributed by atoms with Gasteiger partial charge in [-0.05, 0) is 0 Å². The molecule has 6 nitrogen and oxygen atoms in total. The van der Waals surface area contributed by atoms with Gasteiger partial charge in [0.1, 0.15) is 6.04 Å². The van der Waals surface area contributed by atoms with Crippen LogP contribution in [0.15, 0.2) is 25.0 Å². The Morgan fingerprint density at radius 3 is 2.50 bits per heavy atom. The summed E-state index contributed by atoms with van der Waals surface area (Å²) in [6.45, 7) is 0. The average molecular weight is 288 g/mol. The molecular weight excluding hydrogens is 277 g/mol. The fourth-order valence-corrected chi connectivity index (χ4v) is 1.74. The maximum absolute atomic E-state index is 12.5. The third-order valence-electron chi connectivity index (χ3n) is 2.70. The SMILES string of the molecule is Cn1cnc(CC(C(=O)O)n2cnc(C(F)(F)F)c2)c1. The van der Waals surface area contributed by atoms with Crippen molar-refractivity contribution in [3.05, 3.63) is 36.4 Å². The van der Waals surface area contributed by atoms with Crippen LogP contribution in [0.25, 0.3) is 0 Å². The number of hydrogen-bond acceptors (Lipinski definition) is 3. The molecule has 0 radical (unpaired) electrons. The fourth-order valence-electron chi connectivity index (χ4n) is 1.74. The number of carbonyl (C=O) groups is 1. The van der Waals surface area contributed by atoms with Gasteiger partial charge in [0.2, 0.25) is 0 Å². The summed E-state index contributed by atoms with van der Waals surface area (Å²) in [4.78, 5) is 18.4. The van der Waals surface area contributed by atoms with E-state index in [1.807, 2.05) is 0 Å². The first-order valence-corrected chi connectivity index (χ1v) is 5.57. The molecule has 0 aliphatic carbocycles. The van der Waals surface area contributed by atoms with Crippen molar-refractivity contribution in [2.75, 3.05) is 0 Å². The van der Waals surface area contributed by atoms with Crippen molar-refractivity contribution in [1.29, 1.82) is 0 Å². The van der Waals surface area contributed by atoms with Gasteiger partial charge in [-0.1, -0.05) is 0 Å². The van der Waals surface area contributed by atoms with Crippen LogP contribution >= 0.6 is 0 Å². The Kier molecular flexibility index (Phi) is 3.51. The molecule has 2 heterocycles. The quantitative estimate of drug-likeness (QED) is 0.925. The van der Waals surface area contributed by atoms with Crippen LogP contribution < -0.4 is 0 Å². The lowest BCUT2D eigenvalue weighted by Crippen LogP contribution is -2.20. The molecule has 2 aromatic heterocycles. The van der Waals surface area contributed by atoms with Crippen molar-refractivity contribution in [3.63, 3.8) is 0 Å². The topological polar surface area (TPSA) is 72.9 Å². The second-order valence-corrected chi connectivity index (χ2v) is 4.29. The molecule has 1 atom stereocenters. The molecular formula is C11H11F3N4O2. The minimum absolute atomic E-state index is 0.0240. The monoisotopic (exact) mass is 288 g/mol. The molecule has 0 aromatic carbocycles. The predicted molar refractivity (Wildman–Crippen MR) is 60.8 cm³/mol. The molecule has 2 aromatic rings. The van der Waals surface area contributed by atoms with Crippen molar-refractivity contribution in [2.24, 2.45) is 7.05 Å². The molecule has 0 saturated carbocycles. The number of aromatic nitrogens is 4. The van der Waals surface area contributed by atoms with Crippen LogP contribution in [-0.4, -0.2) is 30.2 Å². The van der Waals surface area contributed by atoms with Gasteiger partial charge in [-0.2, -0.15) is 13.2 Å². The van der Waals surface area contributed by atoms with Crippen LogP contribution in [-0.2, 0) is 24.4 Å². The zero-order chi connectivity index (χ0) is 14.9. The Morgan fingerprint density at radius 2 is 2.05 bits per heavy atom. The zero-order valence-electron chi connectivity index (χ0n) is 10.4. The van der Waals surface area contributed by atoms with E-state index in [0.29, 0.717) is 11.9 Å². The molecule has 108 valence electrons. The maximum Gasteiger partial charge on any atom is 0.434 e. The lowest BCUT2D eigenvalue weighted by Gasteiger charge is -2.12. The van der Waals surface area contributed by atoms with Gasteiger partial charge in [0.25, 0.3) is 0 Å². The molecule has 0 saturated heterocycles. The summed E-state index contributed by atoms with van der Waals surface area (Å²) in [6, 6.07) is -1.19. The second kappa shape index (κ2) is 4.99. The summed E-state index contributed by atoms with van der Waals surface area (Å²) in [7, 11) is 1.71. The van der Waals surface area contributed by atoms with Crippen LogP contribution in [0.2, 0.25) is 0 Å². The summed E-state index contributed by atoms with van der Waals surface area (Å²) < 4.78 is 39.9. The predicted octanol–water partition coefficient (Wildman–Crippen LogP) is 1.50. The molecule has 9 heteroatoms. The third kappa shape index (κ3) is 2.98. The average Bonchev–Trinajstić information content (AvgIpc) is 2.93. The van der Waals surface area contributed by atoms with E-state index in [1.165, 1.54) is 6.33 Å². The van der Waals surface area contributed by atoms with Gasteiger partial charge < -0.3 is 14.2 Å². The number of imidazole rings is 2. The van der Waals surface area contributed by atoms with Gasteiger partial charge >= 0.3 is 12.1 Å². The van der Waals surface area contributed by atoms with Gasteiger partial charge in [0.05, 0.1) is 18.3 Å². The van der Waals surface area contributed by atoms with Crippen LogP contribution in [0.1, 0.15) is 17.4 Å². The smallest absolute Gasteiger partial charge is 0.434 e. The Morgan fingerprint density at radius 1 is 1.35 bits per heavy atom. The van der Waals surface area contributed by atoms with Gasteiger partial charge in [-0.25, -0.2) is 14.8 Å². The number of aliphatic carboxylic acids is 1. The molecule has 1 N–H and O–H groups in total. The molecule has 20 heavy (non-hydrogen) atoms. The van der Waals surface area contributed by atoms with Gasteiger partial charge in [0.15, 0.2) is 5.69 Å². The number of nitrogens with zero attached hydrogens (tertiary/aromatic N) is 4. The fraction of sp³-hybridized carbons (Fsp3) is 0.364. The first-order chi connectivity index (χ1) is 9.27. The molecule has 0 aliphatic heterocycles. The number of carboxylic acids is 1. The van der Waals surface area contributed by atoms with Gasteiger partial charge in [0, 0.05) is 25.9 Å². The summed E-state index contributed by atoms with van der Waals surface area (Å²) in [5.41, 5.74) is -0.646. The lowest BCUT2D eigenvalue weighted by atomic mass is 10.1. The Hall–Kier alpha value is -2.32. The highest BCUT2D eigenvalue weighted by Crippen LogP contribution is 2.28. The highest BCUT2D eigenvalue weighted by molar-refractivity contribution is 5.72. The van der Waals surface area contributed by atoms with Crippen LogP contribution in [0.4, 0.5) is 13.2 Å². The number of aryl methyl sites for hydroxylation is 1. The molecule has 0 spiro atoms. The van der Waals surface area contributed by atoms with E-state index in [2.05, 4.69) is 9.97 Å². The van der Waals surface area contributed by atoms with Crippen molar-refractivity contribution >= 4 is 5.97 Å². The van der Waals surface area contributed by atoms with Gasteiger partial charge in [-0.3, -0.25) is 0 Å². The maximum atomic E-state index is 12.5. The molecule has 0 aliphatic rings. The highest BCUT2D eigenvalue weighted by atomic mass is 19.4. The largest absolute Gasteiger partial charge is 0.480 e. The first kappa shape index (κ1) is 14.1. The zero-order valence-corrected chi connectivity index (χ0v) is 10.4. The third-order valence-corrected chi connectivity index (χ3v) is 2.70. The molecule has 2 rings (SSSR count).